The van der Waals surface area contributed by atoms with Gasteiger partial charge >= 0.3 is 0 Å². The molecule has 8 nitrogen and oxygen atoms in total. The number of allylic oxidation sites excluding steroid dienone is 3. The third-order valence-electron chi connectivity index (χ3n) is 6.72. The lowest BCUT2D eigenvalue weighted by molar-refractivity contribution is -0.870. The summed E-state index contributed by atoms with van der Waals surface area (Å²) in [6.07, 6.45) is 23.9. The zero-order chi connectivity index (χ0) is 30.1. The Morgan fingerprint density at radius 3 is 2.00 bits per heavy atom. The molecular formula is C31H61N2O6P. The van der Waals surface area contributed by atoms with Gasteiger partial charge in [0.05, 0.1) is 39.9 Å². The van der Waals surface area contributed by atoms with Crippen LogP contribution in [0.5, 0.6) is 0 Å². The monoisotopic (exact) mass is 588 g/mol. The Hall–Kier alpha value is -1.02. The second-order valence-electron chi connectivity index (χ2n) is 11.8. The molecule has 0 bridgehead atoms. The molecule has 2 N–H and O–H groups in total. The summed E-state index contributed by atoms with van der Waals surface area (Å²) in [5.41, 5.74) is 0. The number of likely N-dealkylation sites (N-methyl/N-ethyl adjacent to an activating group) is 1. The van der Waals surface area contributed by atoms with E-state index < -0.39 is 26.6 Å². The van der Waals surface area contributed by atoms with Gasteiger partial charge in [-0.1, -0.05) is 115 Å². The van der Waals surface area contributed by atoms with E-state index in [4.69, 9.17) is 9.05 Å². The number of carbonyl (C=O) groups excluding carboxylic acids is 1. The Bertz CT molecular complexity index is 723. The number of quaternary nitrogens is 1. The number of aliphatic hydroxyl groups is 1. The van der Waals surface area contributed by atoms with Gasteiger partial charge in [-0.15, -0.1) is 0 Å². The summed E-state index contributed by atoms with van der Waals surface area (Å²) in [6.45, 7) is 4.49. The van der Waals surface area contributed by atoms with Crippen LogP contribution in [0.3, 0.4) is 0 Å². The topological polar surface area (TPSA) is 108 Å². The Kier molecular flexibility index (Phi) is 23.9. The smallest absolute Gasteiger partial charge is 0.268 e. The number of aliphatic hydroxyl groups excluding tert-OH is 1. The van der Waals surface area contributed by atoms with Crippen molar-refractivity contribution in [2.75, 3.05) is 40.9 Å². The average Bonchev–Trinajstić information content (AvgIpc) is 2.88. The number of phosphoric acid groups is 1. The van der Waals surface area contributed by atoms with Crippen molar-refractivity contribution < 1.29 is 32.9 Å². The number of carbonyl (C=O) groups is 1. The Labute approximate surface area is 245 Å². The molecule has 40 heavy (non-hydrogen) atoms. The number of nitrogens with one attached hydrogen (secondary N) is 1. The van der Waals surface area contributed by atoms with E-state index in [9.17, 15) is 19.4 Å². The summed E-state index contributed by atoms with van der Waals surface area (Å²) in [5, 5.41) is 13.5. The second kappa shape index (κ2) is 24.6. The maximum absolute atomic E-state index is 12.6. The minimum absolute atomic E-state index is 0.00833. The standard InChI is InChI=1S/C31H61N2O6P/c1-6-8-10-12-14-16-18-20-22-24-30(34)29(28-39-40(36,37)38-27-26-33(3,4)5)32-31(35)25-23-21-19-17-15-13-11-9-7-2/h18,20,22,24,29-30,34H,6-17,19,21,23,25-28H2,1-5H3,(H-,32,35,36,37)/b20-18+,24-22+/t29-,30+/m0/s1. The number of hydrogen-bond donors (Lipinski definition) is 2. The molecule has 3 atom stereocenters. The van der Waals surface area contributed by atoms with Crippen LogP contribution in [0.2, 0.25) is 0 Å². The van der Waals surface area contributed by atoms with E-state index in [1.54, 1.807) is 12.2 Å². The molecule has 0 radical (unpaired) electrons. The molecule has 0 aromatic carbocycles. The van der Waals surface area contributed by atoms with Crippen molar-refractivity contribution in [3.05, 3.63) is 24.3 Å². The molecule has 0 fully saturated rings. The molecule has 236 valence electrons. The van der Waals surface area contributed by atoms with Crippen molar-refractivity contribution >= 4 is 13.7 Å². The number of amides is 1. The maximum atomic E-state index is 12.6. The number of nitrogens with zero attached hydrogens (tertiary/aromatic N) is 1. The van der Waals surface area contributed by atoms with E-state index in [0.29, 0.717) is 17.4 Å². The molecule has 0 saturated carbocycles. The largest absolute Gasteiger partial charge is 0.756 e. The first-order valence-electron chi connectivity index (χ1n) is 15.7. The highest BCUT2D eigenvalue weighted by molar-refractivity contribution is 7.45. The van der Waals surface area contributed by atoms with E-state index in [-0.39, 0.29) is 12.5 Å². The number of unbranched alkanes of at least 4 members (excludes halogenated alkanes) is 13. The fourth-order valence-electron chi connectivity index (χ4n) is 4.09. The highest BCUT2D eigenvalue weighted by Crippen LogP contribution is 2.38. The normalized spacial score (nSPS) is 15.5. The van der Waals surface area contributed by atoms with Gasteiger partial charge in [0.25, 0.3) is 7.82 Å². The van der Waals surface area contributed by atoms with Crippen LogP contribution in [0, 0.1) is 0 Å². The van der Waals surface area contributed by atoms with Crippen LogP contribution in [0.1, 0.15) is 117 Å². The van der Waals surface area contributed by atoms with Gasteiger partial charge in [-0.05, 0) is 19.3 Å². The first kappa shape index (κ1) is 39.0. The van der Waals surface area contributed by atoms with Crippen LogP contribution in [-0.4, -0.2) is 68.5 Å². The van der Waals surface area contributed by atoms with Gasteiger partial charge in [-0.3, -0.25) is 9.36 Å². The molecular weight excluding hydrogens is 527 g/mol. The Morgan fingerprint density at radius 1 is 0.875 bits per heavy atom. The summed E-state index contributed by atoms with van der Waals surface area (Å²) in [5.74, 6) is -0.224. The van der Waals surface area contributed by atoms with E-state index in [2.05, 4.69) is 25.2 Å². The van der Waals surface area contributed by atoms with Gasteiger partial charge in [0.2, 0.25) is 5.91 Å². The van der Waals surface area contributed by atoms with Crippen molar-refractivity contribution in [2.24, 2.45) is 0 Å². The fraction of sp³-hybridized carbons (Fsp3) is 0.839. The maximum Gasteiger partial charge on any atom is 0.268 e. The minimum atomic E-state index is -4.57. The summed E-state index contributed by atoms with van der Waals surface area (Å²) in [7, 11) is 1.23. The molecule has 0 saturated heterocycles. The van der Waals surface area contributed by atoms with E-state index in [0.717, 1.165) is 32.1 Å². The average molecular weight is 589 g/mol. The number of rotatable bonds is 27. The predicted octanol–water partition coefficient (Wildman–Crippen LogP) is 6.43. The first-order chi connectivity index (χ1) is 19.0. The summed E-state index contributed by atoms with van der Waals surface area (Å²) in [6, 6.07) is -0.908. The fourth-order valence-corrected chi connectivity index (χ4v) is 4.81. The van der Waals surface area contributed by atoms with Crippen molar-refractivity contribution in [2.45, 2.75) is 129 Å². The lowest BCUT2D eigenvalue weighted by Crippen LogP contribution is -2.45. The van der Waals surface area contributed by atoms with Crippen LogP contribution in [-0.2, 0) is 18.4 Å². The zero-order valence-electron chi connectivity index (χ0n) is 26.3. The minimum Gasteiger partial charge on any atom is -0.756 e. The van der Waals surface area contributed by atoms with Crippen LogP contribution in [0.25, 0.3) is 0 Å². The van der Waals surface area contributed by atoms with Gasteiger partial charge < -0.3 is 28.8 Å². The van der Waals surface area contributed by atoms with Crippen molar-refractivity contribution in [1.29, 1.82) is 0 Å². The molecule has 1 unspecified atom stereocenters. The predicted molar refractivity (Wildman–Crippen MR) is 164 cm³/mol. The molecule has 9 heteroatoms. The molecule has 0 spiro atoms. The van der Waals surface area contributed by atoms with Gasteiger partial charge in [0.1, 0.15) is 13.2 Å². The summed E-state index contributed by atoms with van der Waals surface area (Å²) < 4.78 is 22.8. The Balaban J connectivity index is 4.75. The van der Waals surface area contributed by atoms with E-state index in [1.807, 2.05) is 27.2 Å². The lowest BCUT2D eigenvalue weighted by atomic mass is 10.1. The van der Waals surface area contributed by atoms with Gasteiger partial charge in [-0.2, -0.15) is 0 Å². The summed E-state index contributed by atoms with van der Waals surface area (Å²) in [4.78, 5) is 24.9. The first-order valence-corrected chi connectivity index (χ1v) is 17.2. The van der Waals surface area contributed by atoms with Crippen LogP contribution < -0.4 is 10.2 Å². The Morgan fingerprint density at radius 2 is 1.43 bits per heavy atom. The van der Waals surface area contributed by atoms with Crippen LogP contribution in [0.4, 0.5) is 0 Å². The van der Waals surface area contributed by atoms with Gasteiger partial charge in [0, 0.05) is 6.42 Å². The molecule has 0 heterocycles. The van der Waals surface area contributed by atoms with Gasteiger partial charge in [-0.25, -0.2) is 0 Å². The van der Waals surface area contributed by atoms with Crippen molar-refractivity contribution in [3.63, 3.8) is 0 Å². The third kappa shape index (κ3) is 25.9. The second-order valence-corrected chi connectivity index (χ2v) is 13.3. The van der Waals surface area contributed by atoms with Crippen molar-refractivity contribution in [3.8, 4) is 0 Å². The molecule has 1 amide bonds. The van der Waals surface area contributed by atoms with Crippen molar-refractivity contribution in [1.82, 2.24) is 5.32 Å². The third-order valence-corrected chi connectivity index (χ3v) is 7.68. The van der Waals surface area contributed by atoms with Gasteiger partial charge in [0.15, 0.2) is 0 Å². The molecule has 0 aromatic rings. The quantitative estimate of drug-likeness (QED) is 0.0495. The van der Waals surface area contributed by atoms with Crippen LogP contribution in [0.15, 0.2) is 24.3 Å². The summed E-state index contributed by atoms with van der Waals surface area (Å²) >= 11 is 0. The lowest BCUT2D eigenvalue weighted by Gasteiger charge is -2.29. The zero-order valence-corrected chi connectivity index (χ0v) is 27.2. The van der Waals surface area contributed by atoms with E-state index in [1.165, 1.54) is 64.2 Å². The molecule has 0 aliphatic carbocycles. The molecule has 0 aliphatic heterocycles. The number of phosphoric ester groups is 1. The molecule has 0 rings (SSSR count). The highest BCUT2D eigenvalue weighted by atomic mass is 31.2. The highest BCUT2D eigenvalue weighted by Gasteiger charge is 2.23. The molecule has 0 aromatic heterocycles. The van der Waals surface area contributed by atoms with E-state index >= 15 is 0 Å². The van der Waals surface area contributed by atoms with Crippen LogP contribution >= 0.6 is 7.82 Å². The number of hydrogen-bond acceptors (Lipinski definition) is 6. The SMILES string of the molecule is CCCCCCC/C=C/C=C/[C@@H](O)[C@H](COP(=O)([O-])OCC[N+](C)(C)C)NC(=O)CCCCCCCCCCC. The molecule has 0 aliphatic rings.